The molecule has 0 radical (unpaired) electrons. The van der Waals surface area contributed by atoms with Crippen molar-refractivity contribution in [3.05, 3.63) is 41.5 Å². The van der Waals surface area contributed by atoms with Crippen LogP contribution < -0.4 is 0 Å². The standard InChI is InChI=1S/C13H14O4/c1-13(16-3)10-7-5-4-6-9(10)11(17-13)8-12(14)15-2/h4-8H,1-3H3/b11-8+. The summed E-state index contributed by atoms with van der Waals surface area (Å²) in [6.07, 6.45) is 1.32. The average Bonchev–Trinajstić information content (AvgIpc) is 2.64. The maximum atomic E-state index is 11.3. The third kappa shape index (κ3) is 1.91. The van der Waals surface area contributed by atoms with Crippen molar-refractivity contribution >= 4 is 11.7 Å². The average molecular weight is 234 g/mol. The van der Waals surface area contributed by atoms with Gasteiger partial charge in [-0.3, -0.25) is 0 Å². The van der Waals surface area contributed by atoms with Gasteiger partial charge < -0.3 is 14.2 Å². The molecule has 2 rings (SSSR count). The van der Waals surface area contributed by atoms with E-state index in [1.54, 1.807) is 7.11 Å². The molecule has 4 heteroatoms. The Morgan fingerprint density at radius 3 is 2.71 bits per heavy atom. The first-order valence-corrected chi connectivity index (χ1v) is 5.24. The highest BCUT2D eigenvalue weighted by Gasteiger charge is 2.39. The Morgan fingerprint density at radius 1 is 1.35 bits per heavy atom. The van der Waals surface area contributed by atoms with E-state index in [1.807, 2.05) is 31.2 Å². The summed E-state index contributed by atoms with van der Waals surface area (Å²) in [5.41, 5.74) is 1.75. The molecule has 0 saturated carbocycles. The quantitative estimate of drug-likeness (QED) is 0.580. The third-order valence-electron chi connectivity index (χ3n) is 2.83. The van der Waals surface area contributed by atoms with Gasteiger partial charge in [-0.05, 0) is 0 Å². The fraction of sp³-hybridized carbons (Fsp3) is 0.308. The van der Waals surface area contributed by atoms with Crippen LogP contribution in [0.2, 0.25) is 0 Å². The zero-order valence-corrected chi connectivity index (χ0v) is 10.0. The Bertz CT molecular complexity index is 478. The van der Waals surface area contributed by atoms with Crippen LogP contribution in [0, 0.1) is 0 Å². The van der Waals surface area contributed by atoms with Crippen molar-refractivity contribution in [3.8, 4) is 0 Å². The van der Waals surface area contributed by atoms with E-state index >= 15 is 0 Å². The van der Waals surface area contributed by atoms with Gasteiger partial charge in [0.2, 0.25) is 5.79 Å². The molecular weight excluding hydrogens is 220 g/mol. The molecule has 0 aliphatic carbocycles. The molecule has 4 nitrogen and oxygen atoms in total. The summed E-state index contributed by atoms with van der Waals surface area (Å²) in [7, 11) is 2.90. The fourth-order valence-electron chi connectivity index (χ4n) is 1.84. The highest BCUT2D eigenvalue weighted by atomic mass is 16.7. The lowest BCUT2D eigenvalue weighted by Gasteiger charge is -2.22. The van der Waals surface area contributed by atoms with Crippen molar-refractivity contribution < 1.29 is 19.0 Å². The molecule has 1 aromatic carbocycles. The molecule has 1 aliphatic heterocycles. The number of methoxy groups -OCH3 is 2. The first-order valence-electron chi connectivity index (χ1n) is 5.24. The number of fused-ring (bicyclic) bond motifs is 1. The Labute approximate surface area is 99.8 Å². The van der Waals surface area contributed by atoms with E-state index in [0.717, 1.165) is 11.1 Å². The highest BCUT2D eigenvalue weighted by molar-refractivity contribution is 5.91. The summed E-state index contributed by atoms with van der Waals surface area (Å²) in [6.45, 7) is 1.81. The monoisotopic (exact) mass is 234 g/mol. The number of esters is 1. The lowest BCUT2D eigenvalue weighted by Crippen LogP contribution is -2.22. The third-order valence-corrected chi connectivity index (χ3v) is 2.83. The lowest BCUT2D eigenvalue weighted by atomic mass is 10.0. The minimum atomic E-state index is -0.851. The Morgan fingerprint density at radius 2 is 2.06 bits per heavy atom. The maximum absolute atomic E-state index is 11.3. The Balaban J connectivity index is 2.49. The molecule has 90 valence electrons. The van der Waals surface area contributed by atoms with Crippen molar-refractivity contribution in [3.63, 3.8) is 0 Å². The van der Waals surface area contributed by atoms with E-state index in [2.05, 4.69) is 4.74 Å². The van der Waals surface area contributed by atoms with Gasteiger partial charge in [0.25, 0.3) is 0 Å². The van der Waals surface area contributed by atoms with E-state index in [1.165, 1.54) is 13.2 Å². The predicted molar refractivity (Wildman–Crippen MR) is 61.9 cm³/mol. The molecule has 1 heterocycles. The molecule has 0 saturated heterocycles. The second-order valence-electron chi connectivity index (χ2n) is 3.83. The van der Waals surface area contributed by atoms with Crippen LogP contribution in [-0.2, 0) is 24.8 Å². The molecule has 1 aromatic rings. The van der Waals surface area contributed by atoms with Gasteiger partial charge in [0.15, 0.2) is 0 Å². The largest absolute Gasteiger partial charge is 0.466 e. The van der Waals surface area contributed by atoms with Crippen molar-refractivity contribution in [2.24, 2.45) is 0 Å². The molecule has 0 N–H and O–H groups in total. The summed E-state index contributed by atoms with van der Waals surface area (Å²) in [4.78, 5) is 11.3. The van der Waals surface area contributed by atoms with E-state index in [0.29, 0.717) is 5.76 Å². The van der Waals surface area contributed by atoms with Gasteiger partial charge in [-0.25, -0.2) is 4.79 Å². The van der Waals surface area contributed by atoms with E-state index in [9.17, 15) is 4.79 Å². The predicted octanol–water partition coefficient (Wildman–Crippen LogP) is 2.05. The zero-order valence-electron chi connectivity index (χ0n) is 10.0. The number of carbonyl (C=O) groups excluding carboxylic acids is 1. The van der Waals surface area contributed by atoms with Crippen molar-refractivity contribution in [1.82, 2.24) is 0 Å². The van der Waals surface area contributed by atoms with Crippen molar-refractivity contribution in [2.45, 2.75) is 12.7 Å². The lowest BCUT2D eigenvalue weighted by molar-refractivity contribution is -0.166. The molecular formula is C13H14O4. The summed E-state index contributed by atoms with van der Waals surface area (Å²) in [6, 6.07) is 7.58. The number of rotatable bonds is 2. The van der Waals surface area contributed by atoms with Crippen molar-refractivity contribution in [1.29, 1.82) is 0 Å². The molecule has 0 aromatic heterocycles. The minimum Gasteiger partial charge on any atom is -0.466 e. The Hall–Kier alpha value is -1.81. The molecule has 0 bridgehead atoms. The summed E-state index contributed by atoms with van der Waals surface area (Å²) < 4.78 is 15.6. The minimum absolute atomic E-state index is 0.449. The Kier molecular flexibility index (Phi) is 2.90. The number of hydrogen-bond donors (Lipinski definition) is 0. The second-order valence-corrected chi connectivity index (χ2v) is 3.83. The second kappa shape index (κ2) is 4.22. The maximum Gasteiger partial charge on any atom is 0.334 e. The van der Waals surface area contributed by atoms with Crippen LogP contribution in [0.5, 0.6) is 0 Å². The van der Waals surface area contributed by atoms with Gasteiger partial charge in [-0.15, -0.1) is 0 Å². The SMILES string of the molecule is COC(=O)/C=C1/OC(C)(OC)c2ccccc21. The molecule has 0 amide bonds. The molecule has 17 heavy (non-hydrogen) atoms. The van der Waals surface area contributed by atoms with Crippen LogP contribution in [0.3, 0.4) is 0 Å². The van der Waals surface area contributed by atoms with Crippen LogP contribution in [0.25, 0.3) is 5.76 Å². The summed E-state index contributed by atoms with van der Waals surface area (Å²) in [5.74, 6) is -0.830. The van der Waals surface area contributed by atoms with Crippen LogP contribution in [-0.4, -0.2) is 20.2 Å². The molecule has 0 fully saturated rings. The van der Waals surface area contributed by atoms with Crippen molar-refractivity contribution in [2.75, 3.05) is 14.2 Å². The number of ether oxygens (including phenoxy) is 3. The summed E-state index contributed by atoms with van der Waals surface area (Å²) in [5, 5.41) is 0. The molecule has 1 atom stereocenters. The highest BCUT2D eigenvalue weighted by Crippen LogP contribution is 2.42. The smallest absolute Gasteiger partial charge is 0.334 e. The number of benzene rings is 1. The van der Waals surface area contributed by atoms with Crippen LogP contribution in [0.1, 0.15) is 18.1 Å². The van der Waals surface area contributed by atoms with Gasteiger partial charge >= 0.3 is 5.97 Å². The molecule has 1 aliphatic rings. The van der Waals surface area contributed by atoms with Crippen LogP contribution in [0.15, 0.2) is 30.3 Å². The topological polar surface area (TPSA) is 44.8 Å². The first kappa shape index (κ1) is 11.7. The summed E-state index contributed by atoms with van der Waals surface area (Å²) >= 11 is 0. The van der Waals surface area contributed by atoms with Gasteiger partial charge in [0, 0.05) is 25.2 Å². The number of hydrogen-bond acceptors (Lipinski definition) is 4. The normalized spacial score (nSPS) is 24.3. The van der Waals surface area contributed by atoms with Gasteiger partial charge in [-0.1, -0.05) is 24.3 Å². The van der Waals surface area contributed by atoms with E-state index in [-0.39, 0.29) is 0 Å². The fourth-order valence-corrected chi connectivity index (χ4v) is 1.84. The van der Waals surface area contributed by atoms with E-state index < -0.39 is 11.8 Å². The van der Waals surface area contributed by atoms with Crippen LogP contribution >= 0.6 is 0 Å². The van der Waals surface area contributed by atoms with Gasteiger partial charge in [0.1, 0.15) is 5.76 Å². The zero-order chi connectivity index (χ0) is 12.5. The molecule has 1 unspecified atom stereocenters. The number of carbonyl (C=O) groups is 1. The van der Waals surface area contributed by atoms with Crippen LogP contribution in [0.4, 0.5) is 0 Å². The first-order chi connectivity index (χ1) is 8.10. The van der Waals surface area contributed by atoms with Gasteiger partial charge in [-0.2, -0.15) is 0 Å². The van der Waals surface area contributed by atoms with Gasteiger partial charge in [0.05, 0.1) is 13.2 Å². The molecule has 0 spiro atoms. The van der Waals surface area contributed by atoms with E-state index in [4.69, 9.17) is 9.47 Å².